The number of aromatic carboxylic acids is 1. The molecule has 0 spiro atoms. The summed E-state index contributed by atoms with van der Waals surface area (Å²) in [5.41, 5.74) is 1.02. The maximum Gasteiger partial charge on any atom is 0.335 e. The van der Waals surface area contributed by atoms with Crippen molar-refractivity contribution < 1.29 is 29.7 Å². The van der Waals surface area contributed by atoms with E-state index in [0.29, 0.717) is 25.7 Å². The summed E-state index contributed by atoms with van der Waals surface area (Å²) in [7, 11) is 0. The Kier molecular flexibility index (Phi) is 9.10. The number of carbonyl (C=O) groups excluding carboxylic acids is 1. The number of amides is 1. The summed E-state index contributed by atoms with van der Waals surface area (Å²) in [6, 6.07) is 6.23. The highest BCUT2D eigenvalue weighted by atomic mass is 16.4. The molecular weight excluding hydrogens is 386 g/mol. The van der Waals surface area contributed by atoms with Crippen LogP contribution in [0, 0.1) is 11.8 Å². The van der Waals surface area contributed by atoms with Crippen LogP contribution in [0.1, 0.15) is 54.4 Å². The molecule has 1 aromatic carbocycles. The molecule has 0 aromatic heterocycles. The first-order chi connectivity index (χ1) is 14.4. The average molecular weight is 413 g/mol. The van der Waals surface area contributed by atoms with Crippen molar-refractivity contribution in [1.82, 2.24) is 4.90 Å². The molecule has 2 rings (SSSR count). The third-order valence-electron chi connectivity index (χ3n) is 4.88. The summed E-state index contributed by atoms with van der Waals surface area (Å²) in [5, 5.41) is 27.9. The van der Waals surface area contributed by atoms with Gasteiger partial charge in [0.15, 0.2) is 0 Å². The minimum atomic E-state index is -0.992. The predicted octanol–water partition coefficient (Wildman–Crippen LogP) is 2.48. The van der Waals surface area contributed by atoms with Crippen LogP contribution in [-0.4, -0.2) is 56.8 Å². The summed E-state index contributed by atoms with van der Waals surface area (Å²) < 4.78 is 0. The largest absolute Gasteiger partial charge is 0.481 e. The lowest BCUT2D eigenvalue weighted by molar-refractivity contribution is -0.137. The van der Waals surface area contributed by atoms with Crippen LogP contribution in [0.4, 0.5) is 0 Å². The van der Waals surface area contributed by atoms with Crippen LogP contribution in [0.2, 0.25) is 0 Å². The van der Waals surface area contributed by atoms with E-state index < -0.39 is 18.0 Å². The quantitative estimate of drug-likeness (QED) is 0.325. The predicted molar refractivity (Wildman–Crippen MR) is 111 cm³/mol. The molecule has 1 aliphatic rings. The Balaban J connectivity index is 1.90. The van der Waals surface area contributed by atoms with Gasteiger partial charge in [-0.05, 0) is 37.0 Å². The van der Waals surface area contributed by atoms with Gasteiger partial charge >= 0.3 is 11.9 Å². The Hall–Kier alpha value is -3.11. The number of carboxylic acids is 2. The minimum absolute atomic E-state index is 0.0227. The normalized spacial score (nSPS) is 17.4. The summed E-state index contributed by atoms with van der Waals surface area (Å²) in [4.78, 5) is 35.4. The van der Waals surface area contributed by atoms with Gasteiger partial charge in [-0.25, -0.2) is 4.79 Å². The molecule has 7 nitrogen and oxygen atoms in total. The summed E-state index contributed by atoms with van der Waals surface area (Å²) in [6.45, 7) is 0.285. The summed E-state index contributed by atoms with van der Waals surface area (Å²) in [5.74, 6) is 4.05. The van der Waals surface area contributed by atoms with Crippen molar-refractivity contribution in [2.24, 2.45) is 0 Å². The van der Waals surface area contributed by atoms with Gasteiger partial charge in [0.05, 0.1) is 24.3 Å². The van der Waals surface area contributed by atoms with Gasteiger partial charge in [0.2, 0.25) is 5.91 Å². The van der Waals surface area contributed by atoms with Gasteiger partial charge in [0.1, 0.15) is 0 Å². The topological polar surface area (TPSA) is 115 Å². The number of hydrogen-bond donors (Lipinski definition) is 3. The molecule has 1 aliphatic heterocycles. The molecule has 3 N–H and O–H groups in total. The van der Waals surface area contributed by atoms with Crippen LogP contribution in [0.3, 0.4) is 0 Å². The fourth-order valence-corrected chi connectivity index (χ4v) is 3.26. The lowest BCUT2D eigenvalue weighted by Crippen LogP contribution is -2.42. The van der Waals surface area contributed by atoms with Crippen molar-refractivity contribution in [3.8, 4) is 11.8 Å². The van der Waals surface area contributed by atoms with Crippen molar-refractivity contribution >= 4 is 17.8 Å². The van der Waals surface area contributed by atoms with Gasteiger partial charge in [-0.1, -0.05) is 30.2 Å². The lowest BCUT2D eigenvalue weighted by atomic mass is 9.99. The fraction of sp³-hybridized carbons (Fsp3) is 0.435. The summed E-state index contributed by atoms with van der Waals surface area (Å²) >= 11 is 0. The van der Waals surface area contributed by atoms with Crippen LogP contribution in [0.5, 0.6) is 0 Å². The third-order valence-corrected chi connectivity index (χ3v) is 4.88. The number of benzene rings is 1. The zero-order valence-corrected chi connectivity index (χ0v) is 16.8. The first kappa shape index (κ1) is 23.2. The lowest BCUT2D eigenvalue weighted by Gasteiger charge is -2.32. The number of likely N-dealkylation sites (tertiary alicyclic amines) is 1. The molecule has 7 heteroatoms. The number of nitrogens with zero attached hydrogens (tertiary/aromatic N) is 1. The molecule has 1 fully saturated rings. The molecule has 1 heterocycles. The van der Waals surface area contributed by atoms with Gasteiger partial charge < -0.3 is 20.2 Å². The molecular formula is C23H27NO6. The Labute approximate surface area is 176 Å². The van der Waals surface area contributed by atoms with Crippen LogP contribution in [0.15, 0.2) is 36.4 Å². The molecule has 1 saturated heterocycles. The molecule has 0 aliphatic carbocycles. The number of hydrogen-bond acceptors (Lipinski definition) is 4. The van der Waals surface area contributed by atoms with Gasteiger partial charge in [-0.15, -0.1) is 5.92 Å². The van der Waals surface area contributed by atoms with Gasteiger partial charge in [-0.2, -0.15) is 0 Å². The monoisotopic (exact) mass is 413 g/mol. The van der Waals surface area contributed by atoms with E-state index in [1.807, 2.05) is 6.08 Å². The van der Waals surface area contributed by atoms with Crippen molar-refractivity contribution in [1.29, 1.82) is 0 Å². The Morgan fingerprint density at radius 1 is 1.20 bits per heavy atom. The highest BCUT2D eigenvalue weighted by molar-refractivity contribution is 5.87. The molecule has 30 heavy (non-hydrogen) atoms. The molecule has 0 bridgehead atoms. The smallest absolute Gasteiger partial charge is 0.335 e. The van der Waals surface area contributed by atoms with E-state index in [1.165, 1.54) is 12.1 Å². The van der Waals surface area contributed by atoms with Crippen LogP contribution in [-0.2, 0) is 16.0 Å². The van der Waals surface area contributed by atoms with E-state index in [0.717, 1.165) is 18.4 Å². The number of piperidine rings is 1. The standard InChI is InChI=1S/C23H27NO6/c25-20(16-17-9-11-18(12-10-17)23(29)30)14-13-19-6-5-7-21(26)24(19)15-4-2-1-3-8-22(27)28/h9-14,19-20,25H,1,3,5-8,15-16H2,(H,27,28)(H,29,30)/b14-13+/t19-,20?/m1/s1. The zero-order chi connectivity index (χ0) is 21.9. The van der Waals surface area contributed by atoms with Crippen molar-refractivity contribution in [2.75, 3.05) is 6.54 Å². The van der Waals surface area contributed by atoms with Crippen molar-refractivity contribution in [3.05, 3.63) is 47.5 Å². The van der Waals surface area contributed by atoms with E-state index in [2.05, 4.69) is 11.8 Å². The van der Waals surface area contributed by atoms with E-state index in [4.69, 9.17) is 10.2 Å². The SMILES string of the molecule is O=C(O)CCCC#CCN1C(=O)CCC[C@@H]1/C=C/C(O)Cc1ccc(C(=O)O)cc1. The number of carbonyl (C=O) groups is 3. The molecule has 1 amide bonds. The van der Waals surface area contributed by atoms with Crippen molar-refractivity contribution in [3.63, 3.8) is 0 Å². The first-order valence-electron chi connectivity index (χ1n) is 10.0. The van der Waals surface area contributed by atoms with E-state index in [1.54, 1.807) is 23.1 Å². The number of carboxylic acid groups (broad SMARTS) is 2. The van der Waals surface area contributed by atoms with Crippen LogP contribution < -0.4 is 0 Å². The number of aliphatic carboxylic acids is 1. The second-order valence-corrected chi connectivity index (χ2v) is 7.24. The second-order valence-electron chi connectivity index (χ2n) is 7.24. The first-order valence-corrected chi connectivity index (χ1v) is 10.0. The van der Waals surface area contributed by atoms with E-state index >= 15 is 0 Å². The molecule has 2 atom stereocenters. The zero-order valence-electron chi connectivity index (χ0n) is 16.8. The van der Waals surface area contributed by atoms with Gasteiger partial charge in [0.25, 0.3) is 0 Å². The van der Waals surface area contributed by atoms with Crippen molar-refractivity contribution in [2.45, 2.75) is 57.1 Å². The molecule has 0 radical (unpaired) electrons. The molecule has 1 aromatic rings. The van der Waals surface area contributed by atoms with E-state index in [9.17, 15) is 19.5 Å². The van der Waals surface area contributed by atoms with Crippen LogP contribution in [0.25, 0.3) is 0 Å². The molecule has 0 saturated carbocycles. The molecule has 1 unspecified atom stereocenters. The third kappa shape index (κ3) is 7.72. The maximum absolute atomic E-state index is 12.3. The second kappa shape index (κ2) is 11.8. The minimum Gasteiger partial charge on any atom is -0.481 e. The van der Waals surface area contributed by atoms with Gasteiger partial charge in [-0.3, -0.25) is 9.59 Å². The highest BCUT2D eigenvalue weighted by Gasteiger charge is 2.25. The Morgan fingerprint density at radius 2 is 1.93 bits per heavy atom. The summed E-state index contributed by atoms with van der Waals surface area (Å²) in [6.07, 6.45) is 6.20. The maximum atomic E-state index is 12.3. The molecule has 160 valence electrons. The number of aliphatic hydroxyl groups is 1. The highest BCUT2D eigenvalue weighted by Crippen LogP contribution is 2.19. The Bertz CT molecular complexity index is 833. The number of rotatable bonds is 9. The number of aliphatic hydroxyl groups excluding tert-OH is 1. The van der Waals surface area contributed by atoms with Gasteiger partial charge in [0, 0.05) is 25.7 Å². The van der Waals surface area contributed by atoms with E-state index in [-0.39, 0.29) is 30.5 Å². The fourth-order valence-electron chi connectivity index (χ4n) is 3.26. The van der Waals surface area contributed by atoms with Crippen LogP contribution >= 0.6 is 0 Å². The Morgan fingerprint density at radius 3 is 2.60 bits per heavy atom. The number of unbranched alkanes of at least 4 members (excludes halogenated alkanes) is 1. The average Bonchev–Trinajstić information content (AvgIpc) is 2.70.